The van der Waals surface area contributed by atoms with Gasteiger partial charge < -0.3 is 15.4 Å². The number of benzene rings is 2. The van der Waals surface area contributed by atoms with Crippen molar-refractivity contribution in [2.75, 3.05) is 23.4 Å². The van der Waals surface area contributed by atoms with Crippen molar-refractivity contribution in [3.05, 3.63) is 71.7 Å². The molecule has 4 aromatic rings. The fourth-order valence-corrected chi connectivity index (χ4v) is 6.53. The first kappa shape index (κ1) is 26.2. The van der Waals surface area contributed by atoms with Crippen LogP contribution in [0.25, 0.3) is 16.9 Å². The molecule has 11 heteroatoms. The van der Waals surface area contributed by atoms with Gasteiger partial charge in [0.15, 0.2) is 5.65 Å². The number of sulfone groups is 1. The Morgan fingerprint density at radius 1 is 1.10 bits per heavy atom. The molecule has 0 spiro atoms. The lowest BCUT2D eigenvalue weighted by atomic mass is 10.0. The highest BCUT2D eigenvalue weighted by molar-refractivity contribution is 7.91. The van der Waals surface area contributed by atoms with Crippen LogP contribution in [0.2, 0.25) is 0 Å². The number of carbonyl (C=O) groups excluding carboxylic acids is 1. The molecule has 6 rings (SSSR count). The summed E-state index contributed by atoms with van der Waals surface area (Å²) in [5, 5.41) is 11.1. The molecule has 2 aromatic carbocycles. The number of nitrogens with one attached hydrogen (secondary N) is 2. The molecule has 1 saturated heterocycles. The fraction of sp³-hybridized carbons (Fsp3) is 0.345. The van der Waals surface area contributed by atoms with Crippen molar-refractivity contribution in [2.24, 2.45) is 5.92 Å². The van der Waals surface area contributed by atoms with E-state index in [9.17, 15) is 17.6 Å². The fourth-order valence-electron chi connectivity index (χ4n) is 4.94. The standard InChI is InChI=1S/C29H30FN5O4S/c1-18-13-20(5-8-24(18)29(36)33-22-6-7-22)26-17-32-28-25(31-16-19-9-11-40(37,38)12-10-19)15-27(34-35(26)28)39-23-4-2-3-21(30)14-23/h2-5,8,13-15,17,19,22,31H,6-7,9-12,16H2,1H3,(H,33,36). The van der Waals surface area contributed by atoms with Gasteiger partial charge in [0.05, 0.1) is 29.1 Å². The van der Waals surface area contributed by atoms with E-state index in [4.69, 9.17) is 4.74 Å². The Morgan fingerprint density at radius 3 is 2.62 bits per heavy atom. The van der Waals surface area contributed by atoms with E-state index in [1.54, 1.807) is 28.9 Å². The second-order valence-corrected chi connectivity index (χ2v) is 12.9. The van der Waals surface area contributed by atoms with Gasteiger partial charge in [-0.3, -0.25) is 4.79 Å². The van der Waals surface area contributed by atoms with Crippen LogP contribution in [0.1, 0.15) is 41.6 Å². The smallest absolute Gasteiger partial charge is 0.251 e. The number of aromatic nitrogens is 3. The lowest BCUT2D eigenvalue weighted by Crippen LogP contribution is -2.27. The van der Waals surface area contributed by atoms with Crippen LogP contribution in [0, 0.1) is 18.7 Å². The minimum Gasteiger partial charge on any atom is -0.437 e. The Bertz CT molecular complexity index is 1690. The molecule has 0 radical (unpaired) electrons. The summed E-state index contributed by atoms with van der Waals surface area (Å²) in [7, 11) is -2.95. The van der Waals surface area contributed by atoms with Crippen molar-refractivity contribution < 1.29 is 22.3 Å². The molecular formula is C29H30FN5O4S. The molecule has 3 heterocycles. The van der Waals surface area contributed by atoms with Gasteiger partial charge in [-0.05, 0) is 68.4 Å². The number of fused-ring (bicyclic) bond motifs is 1. The molecule has 1 amide bonds. The summed E-state index contributed by atoms with van der Waals surface area (Å²) < 4.78 is 45.1. The van der Waals surface area contributed by atoms with E-state index in [-0.39, 0.29) is 35.3 Å². The number of amides is 1. The average molecular weight is 564 g/mol. The van der Waals surface area contributed by atoms with Gasteiger partial charge in [-0.25, -0.2) is 22.3 Å². The first-order chi connectivity index (χ1) is 19.2. The van der Waals surface area contributed by atoms with Crippen LogP contribution < -0.4 is 15.4 Å². The van der Waals surface area contributed by atoms with E-state index in [1.165, 1.54) is 12.1 Å². The lowest BCUT2D eigenvalue weighted by Gasteiger charge is -2.22. The number of anilines is 1. The van der Waals surface area contributed by atoms with Gasteiger partial charge in [0.1, 0.15) is 21.4 Å². The maximum absolute atomic E-state index is 13.8. The summed E-state index contributed by atoms with van der Waals surface area (Å²) in [5.74, 6) is 0.642. The summed E-state index contributed by atoms with van der Waals surface area (Å²) in [5.41, 5.74) is 4.22. The summed E-state index contributed by atoms with van der Waals surface area (Å²) in [4.78, 5) is 17.3. The first-order valence-electron chi connectivity index (χ1n) is 13.4. The molecular weight excluding hydrogens is 533 g/mol. The zero-order valence-corrected chi connectivity index (χ0v) is 22.9. The monoisotopic (exact) mass is 563 g/mol. The molecule has 0 bridgehead atoms. The van der Waals surface area contributed by atoms with E-state index in [0.717, 1.165) is 24.0 Å². The maximum Gasteiger partial charge on any atom is 0.251 e. The van der Waals surface area contributed by atoms with E-state index in [0.29, 0.717) is 47.7 Å². The highest BCUT2D eigenvalue weighted by atomic mass is 32.2. The molecule has 9 nitrogen and oxygen atoms in total. The Morgan fingerprint density at radius 2 is 1.90 bits per heavy atom. The number of hydrogen-bond acceptors (Lipinski definition) is 7. The average Bonchev–Trinajstić information content (AvgIpc) is 3.63. The van der Waals surface area contributed by atoms with Gasteiger partial charge in [0.25, 0.3) is 5.91 Å². The third-order valence-corrected chi connectivity index (χ3v) is 9.11. The minimum absolute atomic E-state index is 0.0735. The number of carbonyl (C=O) groups is 1. The van der Waals surface area contributed by atoms with Crippen LogP contribution in [-0.4, -0.2) is 53.0 Å². The Kier molecular flexibility index (Phi) is 6.91. The molecule has 2 aromatic heterocycles. The van der Waals surface area contributed by atoms with Crippen molar-refractivity contribution in [2.45, 2.75) is 38.6 Å². The van der Waals surface area contributed by atoms with Crippen LogP contribution in [0.5, 0.6) is 11.6 Å². The van der Waals surface area contributed by atoms with Crippen LogP contribution in [0.3, 0.4) is 0 Å². The normalized spacial score (nSPS) is 17.1. The quantitative estimate of drug-likeness (QED) is 0.318. The molecule has 0 atom stereocenters. The number of nitrogens with zero attached hydrogens (tertiary/aromatic N) is 3. The molecule has 2 aliphatic rings. The third-order valence-electron chi connectivity index (χ3n) is 7.40. The predicted octanol–water partition coefficient (Wildman–Crippen LogP) is 4.77. The number of halogens is 1. The van der Waals surface area contributed by atoms with E-state index in [1.807, 2.05) is 25.1 Å². The molecule has 2 N–H and O–H groups in total. The van der Waals surface area contributed by atoms with Crippen LogP contribution in [-0.2, 0) is 9.84 Å². The number of aryl methyl sites for hydroxylation is 1. The number of hydrogen-bond donors (Lipinski definition) is 2. The van der Waals surface area contributed by atoms with Gasteiger partial charge in [-0.2, -0.15) is 0 Å². The van der Waals surface area contributed by atoms with Crippen molar-refractivity contribution in [1.29, 1.82) is 0 Å². The Hall–Kier alpha value is -3.99. The van der Waals surface area contributed by atoms with Crippen molar-refractivity contribution in [1.82, 2.24) is 19.9 Å². The van der Waals surface area contributed by atoms with Gasteiger partial charge in [-0.1, -0.05) is 12.1 Å². The Balaban J connectivity index is 1.33. The van der Waals surface area contributed by atoms with E-state index >= 15 is 0 Å². The summed E-state index contributed by atoms with van der Waals surface area (Å²) in [6.07, 6.45) is 4.95. The second-order valence-electron chi connectivity index (χ2n) is 10.6. The second kappa shape index (κ2) is 10.5. The molecule has 2 fully saturated rings. The minimum atomic E-state index is -2.95. The third kappa shape index (κ3) is 5.79. The van der Waals surface area contributed by atoms with Crippen LogP contribution in [0.15, 0.2) is 54.7 Å². The number of imidazole rings is 1. The van der Waals surface area contributed by atoms with Gasteiger partial charge in [0, 0.05) is 35.8 Å². The zero-order chi connectivity index (χ0) is 27.9. The van der Waals surface area contributed by atoms with Crippen LogP contribution >= 0.6 is 0 Å². The van der Waals surface area contributed by atoms with Crippen LogP contribution in [0.4, 0.5) is 10.1 Å². The highest BCUT2D eigenvalue weighted by Gasteiger charge is 2.25. The molecule has 208 valence electrons. The zero-order valence-electron chi connectivity index (χ0n) is 22.1. The molecule has 0 unspecified atom stereocenters. The van der Waals surface area contributed by atoms with Gasteiger partial charge >= 0.3 is 0 Å². The molecule has 1 aliphatic heterocycles. The van der Waals surface area contributed by atoms with Crippen molar-refractivity contribution in [3.8, 4) is 22.9 Å². The van der Waals surface area contributed by atoms with Gasteiger partial charge in [0.2, 0.25) is 5.88 Å². The summed E-state index contributed by atoms with van der Waals surface area (Å²) in [6.45, 7) is 2.47. The van der Waals surface area contributed by atoms with E-state index in [2.05, 4.69) is 20.7 Å². The first-order valence-corrected chi connectivity index (χ1v) is 15.2. The topological polar surface area (TPSA) is 115 Å². The molecule has 1 aliphatic carbocycles. The largest absolute Gasteiger partial charge is 0.437 e. The van der Waals surface area contributed by atoms with Crippen molar-refractivity contribution >= 4 is 27.1 Å². The number of rotatable bonds is 8. The van der Waals surface area contributed by atoms with Crippen molar-refractivity contribution in [3.63, 3.8) is 0 Å². The SMILES string of the molecule is Cc1cc(-c2cnc3c(NCC4CCS(=O)(=O)CC4)cc(Oc4cccc(F)c4)nn23)ccc1C(=O)NC1CC1. The molecule has 1 saturated carbocycles. The summed E-state index contributed by atoms with van der Waals surface area (Å²) >= 11 is 0. The Labute approximate surface area is 231 Å². The number of ether oxygens (including phenoxy) is 1. The van der Waals surface area contributed by atoms with Gasteiger partial charge in [-0.15, -0.1) is 5.10 Å². The summed E-state index contributed by atoms with van der Waals surface area (Å²) in [6, 6.07) is 13.4. The van der Waals surface area contributed by atoms with E-state index < -0.39 is 15.7 Å². The molecule has 40 heavy (non-hydrogen) atoms. The lowest BCUT2D eigenvalue weighted by molar-refractivity contribution is 0.0950. The highest BCUT2D eigenvalue weighted by Crippen LogP contribution is 2.31. The predicted molar refractivity (Wildman–Crippen MR) is 150 cm³/mol. The maximum atomic E-state index is 13.8.